The first-order valence-electron chi connectivity index (χ1n) is 6.58. The maximum atomic E-state index is 10.2. The SMILES string of the molecule is CC[C@H](C)[C@H]([NH2+][O-])C(=O)[O-].CC[C@H](C)[C@H]([NH2+][O-])C(=O)[O-].[Ca+2]. The predicted molar refractivity (Wildman–Crippen MR) is 72.8 cm³/mol. The van der Waals surface area contributed by atoms with Gasteiger partial charge in [0.2, 0.25) is 0 Å². The molecule has 0 saturated heterocycles. The van der Waals surface area contributed by atoms with Crippen molar-refractivity contribution >= 4 is 49.7 Å². The summed E-state index contributed by atoms with van der Waals surface area (Å²) in [4.78, 5) is 20.4. The Kier molecular flexibility index (Phi) is 18.5. The average Bonchev–Trinajstić information content (AvgIpc) is 2.39. The Morgan fingerprint density at radius 2 is 1.10 bits per heavy atom. The van der Waals surface area contributed by atoms with Gasteiger partial charge in [0.25, 0.3) is 0 Å². The topological polar surface area (TPSA) is 160 Å². The first-order chi connectivity index (χ1) is 9.26. The van der Waals surface area contributed by atoms with Crippen LogP contribution in [0.1, 0.15) is 40.5 Å². The fraction of sp³-hybridized carbons (Fsp3) is 0.833. The van der Waals surface area contributed by atoms with Gasteiger partial charge in [0.05, 0.1) is 11.9 Å². The van der Waals surface area contributed by atoms with E-state index in [1.165, 1.54) is 0 Å². The second-order valence-corrected chi connectivity index (χ2v) is 4.73. The zero-order chi connectivity index (χ0) is 16.3. The summed E-state index contributed by atoms with van der Waals surface area (Å²) >= 11 is 0. The molecule has 0 aliphatic rings. The maximum Gasteiger partial charge on any atom is 2.00 e. The summed E-state index contributed by atoms with van der Waals surface area (Å²) in [6.07, 6.45) is 1.36. The first kappa shape index (κ1) is 26.0. The van der Waals surface area contributed by atoms with Crippen LogP contribution in [0.3, 0.4) is 0 Å². The number of quaternary nitrogens is 2. The summed E-state index contributed by atoms with van der Waals surface area (Å²) in [7, 11) is 0. The minimum Gasteiger partial charge on any atom is -0.635 e. The Labute approximate surface area is 154 Å². The molecular formula is C12H24CaN2O6. The quantitative estimate of drug-likeness (QED) is 0.341. The van der Waals surface area contributed by atoms with Crippen molar-refractivity contribution in [3.05, 3.63) is 10.4 Å². The Bertz CT molecular complexity index is 265. The van der Waals surface area contributed by atoms with Crippen molar-refractivity contribution in [3.8, 4) is 0 Å². The Morgan fingerprint density at radius 3 is 1.14 bits per heavy atom. The fourth-order valence-corrected chi connectivity index (χ4v) is 1.35. The molecule has 0 rings (SSSR count). The Hall–Kier alpha value is 0.0397. The molecule has 0 amide bonds. The second-order valence-electron chi connectivity index (χ2n) is 4.73. The Morgan fingerprint density at radius 1 is 0.857 bits per heavy atom. The van der Waals surface area contributed by atoms with Gasteiger partial charge in [-0.1, -0.05) is 27.7 Å². The largest absolute Gasteiger partial charge is 2.00 e. The van der Waals surface area contributed by atoms with Crippen LogP contribution in [0.4, 0.5) is 0 Å². The van der Waals surface area contributed by atoms with Gasteiger partial charge < -0.3 is 41.2 Å². The second kappa shape index (κ2) is 15.0. The molecule has 0 aromatic carbocycles. The summed E-state index contributed by atoms with van der Waals surface area (Å²) in [5, 5.41) is 40.6. The number of rotatable bonds is 8. The first-order valence-corrected chi connectivity index (χ1v) is 6.58. The fourth-order valence-electron chi connectivity index (χ4n) is 1.35. The summed E-state index contributed by atoms with van der Waals surface area (Å²) in [6.45, 7) is 7.11. The number of carbonyl (C=O) groups is 2. The molecule has 0 aromatic heterocycles. The maximum absolute atomic E-state index is 10.2. The van der Waals surface area contributed by atoms with Crippen LogP contribution >= 0.6 is 0 Å². The molecule has 8 nitrogen and oxygen atoms in total. The number of carbonyl (C=O) groups excluding carboxylic acids is 2. The normalized spacial score (nSPS) is 15.5. The van der Waals surface area contributed by atoms with Gasteiger partial charge in [0, 0.05) is 11.8 Å². The van der Waals surface area contributed by atoms with Crippen molar-refractivity contribution in [3.63, 3.8) is 0 Å². The molecule has 120 valence electrons. The van der Waals surface area contributed by atoms with E-state index in [1.807, 2.05) is 13.8 Å². The van der Waals surface area contributed by atoms with Crippen LogP contribution in [0, 0.1) is 22.3 Å². The molecular weight excluding hydrogens is 308 g/mol. The van der Waals surface area contributed by atoms with E-state index in [0.717, 1.165) is 0 Å². The van der Waals surface area contributed by atoms with Crippen LogP contribution in [0.2, 0.25) is 0 Å². The summed E-state index contributed by atoms with van der Waals surface area (Å²) < 4.78 is 0. The van der Waals surface area contributed by atoms with Crippen molar-refractivity contribution in [1.29, 1.82) is 0 Å². The van der Waals surface area contributed by atoms with Gasteiger partial charge in [-0.25, -0.2) is 0 Å². The number of hydrogen-bond donors (Lipinski definition) is 2. The predicted octanol–water partition coefficient (Wildman–Crippen LogP) is -3.96. The van der Waals surface area contributed by atoms with Gasteiger partial charge >= 0.3 is 37.7 Å². The van der Waals surface area contributed by atoms with Crippen LogP contribution in [0.15, 0.2) is 0 Å². The van der Waals surface area contributed by atoms with Crippen LogP contribution < -0.4 is 21.2 Å². The van der Waals surface area contributed by atoms with Gasteiger partial charge in [-0.15, -0.1) is 0 Å². The number of carboxylic acids is 2. The van der Waals surface area contributed by atoms with E-state index in [1.54, 1.807) is 13.8 Å². The van der Waals surface area contributed by atoms with Gasteiger partial charge in [-0.2, -0.15) is 0 Å². The molecule has 0 aliphatic heterocycles. The van der Waals surface area contributed by atoms with Gasteiger partial charge in [0.15, 0.2) is 0 Å². The zero-order valence-corrected chi connectivity index (χ0v) is 15.2. The molecule has 0 spiro atoms. The molecule has 0 heterocycles. The van der Waals surface area contributed by atoms with Crippen molar-refractivity contribution < 1.29 is 30.8 Å². The number of aliphatic carboxylic acids is 2. The van der Waals surface area contributed by atoms with Crippen molar-refractivity contribution in [2.24, 2.45) is 11.8 Å². The third-order valence-corrected chi connectivity index (χ3v) is 3.35. The monoisotopic (exact) mass is 332 g/mol. The smallest absolute Gasteiger partial charge is 0.635 e. The van der Waals surface area contributed by atoms with E-state index in [-0.39, 0.29) is 49.6 Å². The summed E-state index contributed by atoms with van der Waals surface area (Å²) in [5.41, 5.74) is 0.868. The molecule has 0 bridgehead atoms. The van der Waals surface area contributed by atoms with E-state index in [9.17, 15) is 30.2 Å². The molecule has 0 aliphatic carbocycles. The minimum atomic E-state index is -1.27. The third kappa shape index (κ3) is 11.3. The minimum absolute atomic E-state index is 0. The van der Waals surface area contributed by atoms with E-state index in [2.05, 4.69) is 0 Å². The number of carboxylic acid groups (broad SMARTS) is 2. The van der Waals surface area contributed by atoms with E-state index in [4.69, 9.17) is 0 Å². The summed E-state index contributed by atoms with van der Waals surface area (Å²) in [6, 6.07) is -1.88. The van der Waals surface area contributed by atoms with Gasteiger partial charge in [-0.3, -0.25) is 0 Å². The molecule has 21 heavy (non-hydrogen) atoms. The molecule has 9 heteroatoms. The number of hydroxylamine groups is 2. The number of nitrogens with two attached hydrogens (primary N) is 2. The van der Waals surface area contributed by atoms with Crippen LogP contribution in [0.5, 0.6) is 0 Å². The number of hydrogen-bond acceptors (Lipinski definition) is 6. The standard InChI is InChI=1S/2C6H13NO3.Ca/c2*1-3-4(2)5(7-10)6(8)9;/h2*4-5H,3,7H2,1-2H3,(H,8,9);/q;;+2/p-2/t2*4-,5-;/m00./s1. The van der Waals surface area contributed by atoms with Gasteiger partial charge in [-0.05, 0) is 12.8 Å². The van der Waals surface area contributed by atoms with Gasteiger partial charge in [0.1, 0.15) is 12.1 Å². The third-order valence-electron chi connectivity index (χ3n) is 3.35. The molecule has 4 N–H and O–H groups in total. The average molecular weight is 332 g/mol. The van der Waals surface area contributed by atoms with E-state index >= 15 is 0 Å². The van der Waals surface area contributed by atoms with Crippen LogP contribution in [0.25, 0.3) is 0 Å². The van der Waals surface area contributed by atoms with E-state index in [0.29, 0.717) is 23.8 Å². The van der Waals surface area contributed by atoms with Crippen LogP contribution in [-0.4, -0.2) is 61.8 Å². The molecule has 0 unspecified atom stereocenters. The Balaban J connectivity index is -0.000000295. The zero-order valence-electron chi connectivity index (χ0n) is 13.0. The van der Waals surface area contributed by atoms with Crippen molar-refractivity contribution in [2.45, 2.75) is 52.6 Å². The summed E-state index contributed by atoms with van der Waals surface area (Å²) in [5.74, 6) is -2.79. The van der Waals surface area contributed by atoms with E-state index < -0.39 is 24.0 Å². The van der Waals surface area contributed by atoms with Crippen molar-refractivity contribution in [1.82, 2.24) is 0 Å². The molecule has 4 atom stereocenters. The molecule has 0 fully saturated rings. The van der Waals surface area contributed by atoms with Crippen LogP contribution in [-0.2, 0) is 9.59 Å². The molecule has 0 saturated carbocycles. The van der Waals surface area contributed by atoms with Crippen molar-refractivity contribution in [2.75, 3.05) is 0 Å². The molecule has 0 radical (unpaired) electrons. The molecule has 0 aromatic rings.